The van der Waals surface area contributed by atoms with Crippen LogP contribution in [0.4, 0.5) is 4.39 Å². The smallest absolute Gasteiger partial charge is 0.256 e. The van der Waals surface area contributed by atoms with Gasteiger partial charge in [0.05, 0.1) is 17.1 Å². The number of hydrogen-bond acceptors (Lipinski definition) is 3. The average Bonchev–Trinajstić information content (AvgIpc) is 2.53. The van der Waals surface area contributed by atoms with E-state index in [0.717, 1.165) is 31.7 Å². The molecule has 1 aliphatic rings. The topological polar surface area (TPSA) is 78.4 Å². The van der Waals surface area contributed by atoms with E-state index in [1.165, 1.54) is 12.1 Å². The van der Waals surface area contributed by atoms with Crippen molar-refractivity contribution in [2.24, 2.45) is 5.92 Å². The van der Waals surface area contributed by atoms with E-state index in [0.29, 0.717) is 0 Å². The van der Waals surface area contributed by atoms with E-state index < -0.39 is 11.7 Å². The summed E-state index contributed by atoms with van der Waals surface area (Å²) in [5, 5.41) is 14.5. The third-order valence-corrected chi connectivity index (χ3v) is 4.40. The van der Waals surface area contributed by atoms with Crippen LogP contribution in [-0.4, -0.2) is 36.1 Å². The van der Waals surface area contributed by atoms with Crippen LogP contribution < -0.4 is 10.6 Å². The van der Waals surface area contributed by atoms with E-state index in [1.807, 2.05) is 0 Å². The van der Waals surface area contributed by atoms with Crippen LogP contribution in [0.1, 0.15) is 36.0 Å². The molecule has 0 aliphatic heterocycles. The number of nitrogens with one attached hydrogen (secondary N) is 2. The summed E-state index contributed by atoms with van der Waals surface area (Å²) in [4.78, 5) is 23.9. The molecule has 0 spiro atoms. The number of aliphatic hydroxyl groups excluding tert-OH is 1. The first-order chi connectivity index (χ1) is 11.0. The zero-order valence-electron chi connectivity index (χ0n) is 12.6. The summed E-state index contributed by atoms with van der Waals surface area (Å²) in [5.74, 6) is -1.78. The Morgan fingerprint density at radius 1 is 1.30 bits per heavy atom. The zero-order valence-corrected chi connectivity index (χ0v) is 13.4. The standard InChI is InChI=1S/C16H20ClFN2O3/c17-11-5-3-6-12(18)15(11)16(23)19-8-14(22)20-13-7-2-1-4-10(13)9-21/h3,5-6,10,13,21H,1-2,4,7-9H2,(H,19,23)(H,20,22)/t10-,13+/m0/s1. The largest absolute Gasteiger partial charge is 0.396 e. The van der Waals surface area contributed by atoms with Gasteiger partial charge in [0, 0.05) is 18.6 Å². The molecule has 0 radical (unpaired) electrons. The highest BCUT2D eigenvalue weighted by Crippen LogP contribution is 2.23. The second kappa shape index (κ2) is 8.26. The Morgan fingerprint density at radius 2 is 2.04 bits per heavy atom. The minimum absolute atomic E-state index is 0.00414. The molecule has 1 fully saturated rings. The van der Waals surface area contributed by atoms with Crippen molar-refractivity contribution in [1.82, 2.24) is 10.6 Å². The Kier molecular flexibility index (Phi) is 6.36. The van der Waals surface area contributed by atoms with Gasteiger partial charge in [-0.25, -0.2) is 4.39 Å². The average molecular weight is 343 g/mol. The highest BCUT2D eigenvalue weighted by atomic mass is 35.5. The molecular weight excluding hydrogens is 323 g/mol. The molecular formula is C16H20ClFN2O3. The number of hydrogen-bond donors (Lipinski definition) is 3. The van der Waals surface area contributed by atoms with Crippen LogP contribution in [0.25, 0.3) is 0 Å². The number of amides is 2. The molecule has 0 unspecified atom stereocenters. The third-order valence-electron chi connectivity index (χ3n) is 4.09. The van der Waals surface area contributed by atoms with E-state index in [-0.39, 0.29) is 41.6 Å². The predicted molar refractivity (Wildman–Crippen MR) is 84.7 cm³/mol. The zero-order chi connectivity index (χ0) is 16.8. The van der Waals surface area contributed by atoms with Gasteiger partial charge in [-0.05, 0) is 25.0 Å². The summed E-state index contributed by atoms with van der Waals surface area (Å²) < 4.78 is 13.6. The van der Waals surface area contributed by atoms with Crippen molar-refractivity contribution in [2.75, 3.05) is 13.2 Å². The van der Waals surface area contributed by atoms with Gasteiger partial charge in [0.1, 0.15) is 5.82 Å². The summed E-state index contributed by atoms with van der Waals surface area (Å²) in [6.07, 6.45) is 3.72. The lowest BCUT2D eigenvalue weighted by molar-refractivity contribution is -0.121. The fraction of sp³-hybridized carbons (Fsp3) is 0.500. The molecule has 0 aromatic heterocycles. The summed E-state index contributed by atoms with van der Waals surface area (Å²) >= 11 is 5.80. The third kappa shape index (κ3) is 4.65. The lowest BCUT2D eigenvalue weighted by Gasteiger charge is -2.30. The number of aliphatic hydroxyl groups is 1. The van der Waals surface area contributed by atoms with Crippen LogP contribution in [0.5, 0.6) is 0 Å². The molecule has 1 saturated carbocycles. The highest BCUT2D eigenvalue weighted by molar-refractivity contribution is 6.33. The molecule has 1 aromatic rings. The van der Waals surface area contributed by atoms with E-state index in [9.17, 15) is 19.1 Å². The van der Waals surface area contributed by atoms with Gasteiger partial charge in [-0.1, -0.05) is 30.5 Å². The maximum atomic E-state index is 13.6. The van der Waals surface area contributed by atoms with Crippen LogP contribution in [0.2, 0.25) is 5.02 Å². The van der Waals surface area contributed by atoms with Crippen molar-refractivity contribution < 1.29 is 19.1 Å². The van der Waals surface area contributed by atoms with Crippen LogP contribution in [0.15, 0.2) is 18.2 Å². The molecule has 2 atom stereocenters. The molecule has 3 N–H and O–H groups in total. The molecule has 0 heterocycles. The minimum Gasteiger partial charge on any atom is -0.396 e. The van der Waals surface area contributed by atoms with Gasteiger partial charge in [0.15, 0.2) is 0 Å². The molecule has 2 rings (SSSR count). The first-order valence-electron chi connectivity index (χ1n) is 7.65. The summed E-state index contributed by atoms with van der Waals surface area (Å²) in [6, 6.07) is 3.86. The van der Waals surface area contributed by atoms with Crippen molar-refractivity contribution in [3.8, 4) is 0 Å². The molecule has 23 heavy (non-hydrogen) atoms. The van der Waals surface area contributed by atoms with Gasteiger partial charge in [-0.15, -0.1) is 0 Å². The van der Waals surface area contributed by atoms with Gasteiger partial charge in [-0.2, -0.15) is 0 Å². The Hall–Kier alpha value is -1.66. The van der Waals surface area contributed by atoms with Gasteiger partial charge < -0.3 is 15.7 Å². The highest BCUT2D eigenvalue weighted by Gasteiger charge is 2.26. The fourth-order valence-corrected chi connectivity index (χ4v) is 3.09. The Balaban J connectivity index is 1.87. The first-order valence-corrected chi connectivity index (χ1v) is 8.03. The summed E-state index contributed by atoms with van der Waals surface area (Å²) in [6.45, 7) is -0.236. The maximum Gasteiger partial charge on any atom is 0.256 e. The molecule has 2 amide bonds. The lowest BCUT2D eigenvalue weighted by atomic mass is 9.85. The number of carbonyl (C=O) groups excluding carboxylic acids is 2. The normalized spacial score (nSPS) is 20.8. The van der Waals surface area contributed by atoms with Crippen molar-refractivity contribution in [3.63, 3.8) is 0 Å². The summed E-state index contributed by atoms with van der Waals surface area (Å²) in [5.41, 5.74) is -0.270. The van der Waals surface area contributed by atoms with E-state index in [2.05, 4.69) is 10.6 Å². The van der Waals surface area contributed by atoms with E-state index in [1.54, 1.807) is 0 Å². The van der Waals surface area contributed by atoms with Crippen molar-refractivity contribution >= 4 is 23.4 Å². The van der Waals surface area contributed by atoms with Crippen molar-refractivity contribution in [2.45, 2.75) is 31.7 Å². The second-order valence-corrected chi connectivity index (χ2v) is 6.09. The number of rotatable bonds is 5. The fourth-order valence-electron chi connectivity index (χ4n) is 2.84. The molecule has 1 aliphatic carbocycles. The maximum absolute atomic E-state index is 13.6. The molecule has 126 valence electrons. The Labute approximate surface area is 139 Å². The Morgan fingerprint density at radius 3 is 2.74 bits per heavy atom. The van der Waals surface area contributed by atoms with Gasteiger partial charge in [0.2, 0.25) is 5.91 Å². The molecule has 0 saturated heterocycles. The van der Waals surface area contributed by atoms with Crippen LogP contribution in [0, 0.1) is 11.7 Å². The lowest BCUT2D eigenvalue weighted by Crippen LogP contribution is -2.47. The van der Waals surface area contributed by atoms with Crippen LogP contribution in [0.3, 0.4) is 0 Å². The van der Waals surface area contributed by atoms with Gasteiger partial charge in [0.25, 0.3) is 5.91 Å². The predicted octanol–water partition coefficient (Wildman–Crippen LogP) is 1.88. The molecule has 5 nitrogen and oxygen atoms in total. The van der Waals surface area contributed by atoms with E-state index in [4.69, 9.17) is 11.6 Å². The number of halogens is 2. The Bertz CT molecular complexity index is 562. The number of carbonyl (C=O) groups is 2. The van der Waals surface area contributed by atoms with Gasteiger partial charge >= 0.3 is 0 Å². The minimum atomic E-state index is -0.733. The molecule has 7 heteroatoms. The molecule has 1 aromatic carbocycles. The van der Waals surface area contributed by atoms with Gasteiger partial charge in [-0.3, -0.25) is 9.59 Å². The SMILES string of the molecule is O=C(CNC(=O)c1c(F)cccc1Cl)N[C@@H]1CCCC[C@H]1CO. The van der Waals surface area contributed by atoms with Crippen molar-refractivity contribution in [3.05, 3.63) is 34.6 Å². The quantitative estimate of drug-likeness (QED) is 0.764. The monoisotopic (exact) mass is 342 g/mol. The van der Waals surface area contributed by atoms with Crippen LogP contribution in [-0.2, 0) is 4.79 Å². The molecule has 0 bridgehead atoms. The van der Waals surface area contributed by atoms with Crippen molar-refractivity contribution in [1.29, 1.82) is 0 Å². The second-order valence-electron chi connectivity index (χ2n) is 5.68. The summed E-state index contributed by atoms with van der Waals surface area (Å²) in [7, 11) is 0. The van der Waals surface area contributed by atoms with Crippen LogP contribution >= 0.6 is 11.6 Å². The first kappa shape index (κ1) is 17.7. The number of benzene rings is 1. The van der Waals surface area contributed by atoms with E-state index >= 15 is 0 Å².